The summed E-state index contributed by atoms with van der Waals surface area (Å²) in [6.07, 6.45) is -0.863. The minimum atomic E-state index is -4.58. The van der Waals surface area contributed by atoms with E-state index in [2.05, 4.69) is 22.4 Å². The summed E-state index contributed by atoms with van der Waals surface area (Å²) < 4.78 is 50.6. The second kappa shape index (κ2) is 9.16. The van der Waals surface area contributed by atoms with Crippen molar-refractivity contribution in [2.24, 2.45) is 13.0 Å². The number of halogens is 3. The Labute approximate surface area is 225 Å². The van der Waals surface area contributed by atoms with Crippen molar-refractivity contribution in [2.45, 2.75) is 56.8 Å². The standard InChI is InChI=1S/C29H32F3N5O2/c1-18-12-28(13-18,26-35-34-17-36(26)3)20-5-4-6-21(11-20)37-15-23-22(25(37)38)9-19(10-24(23)29(30,31)32)14-27(2)16-33-7-8-39-27/h4-6,9-11,17-18,33H,7-8,12-16H2,1-3H3. The summed E-state index contributed by atoms with van der Waals surface area (Å²) in [5.41, 5.74) is 0.413. The SMILES string of the molecule is CC1CC(c2cccc(N3Cc4c(cc(CC5(C)CNCCO5)cc4C(F)(F)F)C3=O)c2)(c2nncn2C)C1. The van der Waals surface area contributed by atoms with E-state index in [1.807, 2.05) is 36.7 Å². The molecule has 2 fully saturated rings. The molecule has 3 aromatic rings. The van der Waals surface area contributed by atoms with Crippen LogP contribution in [0, 0.1) is 5.92 Å². The van der Waals surface area contributed by atoms with Gasteiger partial charge in [0.2, 0.25) is 0 Å². The number of morpholine rings is 1. The van der Waals surface area contributed by atoms with Crippen molar-refractivity contribution in [3.05, 3.63) is 76.4 Å². The monoisotopic (exact) mass is 539 g/mol. The van der Waals surface area contributed by atoms with Gasteiger partial charge in [0, 0.05) is 37.8 Å². The molecule has 6 rings (SSSR count). The van der Waals surface area contributed by atoms with Crippen molar-refractivity contribution >= 4 is 11.6 Å². The van der Waals surface area contributed by atoms with Gasteiger partial charge in [-0.1, -0.05) is 19.1 Å². The van der Waals surface area contributed by atoms with Gasteiger partial charge in [-0.15, -0.1) is 10.2 Å². The van der Waals surface area contributed by atoms with E-state index in [1.54, 1.807) is 18.5 Å². The van der Waals surface area contributed by atoms with Crippen LogP contribution in [0.5, 0.6) is 0 Å². The Morgan fingerprint density at radius 3 is 2.64 bits per heavy atom. The number of alkyl halides is 3. The Morgan fingerprint density at radius 2 is 2.00 bits per heavy atom. The minimum Gasteiger partial charge on any atom is -0.372 e. The lowest BCUT2D eigenvalue weighted by Crippen LogP contribution is -2.49. The highest BCUT2D eigenvalue weighted by atomic mass is 19.4. The van der Waals surface area contributed by atoms with Crippen molar-refractivity contribution in [1.82, 2.24) is 20.1 Å². The van der Waals surface area contributed by atoms with Crippen LogP contribution in [-0.2, 0) is 36.3 Å². The van der Waals surface area contributed by atoms with Gasteiger partial charge in [0.25, 0.3) is 5.91 Å². The third-order valence-electron chi connectivity index (χ3n) is 8.46. The van der Waals surface area contributed by atoms with E-state index in [0.717, 1.165) is 24.2 Å². The second-order valence-electron chi connectivity index (χ2n) is 11.6. The molecule has 3 heterocycles. The van der Waals surface area contributed by atoms with Gasteiger partial charge in [0.05, 0.1) is 29.7 Å². The average molecular weight is 540 g/mol. The first-order valence-corrected chi connectivity index (χ1v) is 13.3. The Morgan fingerprint density at radius 1 is 1.21 bits per heavy atom. The Bertz CT molecular complexity index is 1420. The number of ether oxygens (including phenoxy) is 1. The molecule has 0 radical (unpaired) electrons. The average Bonchev–Trinajstić information content (AvgIpc) is 3.44. The molecule has 1 saturated carbocycles. The number of aromatic nitrogens is 3. The van der Waals surface area contributed by atoms with Crippen molar-refractivity contribution < 1.29 is 22.7 Å². The number of benzene rings is 2. The van der Waals surface area contributed by atoms with Crippen molar-refractivity contribution in [3.63, 3.8) is 0 Å². The van der Waals surface area contributed by atoms with Crippen LogP contribution in [-0.4, -0.2) is 46.0 Å². The molecular weight excluding hydrogens is 507 g/mol. The molecule has 2 aromatic carbocycles. The summed E-state index contributed by atoms with van der Waals surface area (Å²) >= 11 is 0. The number of carbonyl (C=O) groups excluding carboxylic acids is 1. The number of nitrogens with zero attached hydrogens (tertiary/aromatic N) is 4. The van der Waals surface area contributed by atoms with Gasteiger partial charge in [-0.2, -0.15) is 13.2 Å². The summed E-state index contributed by atoms with van der Waals surface area (Å²) in [5, 5.41) is 11.7. The van der Waals surface area contributed by atoms with Crippen LogP contribution in [0.25, 0.3) is 0 Å². The van der Waals surface area contributed by atoms with E-state index < -0.39 is 23.2 Å². The lowest BCUT2D eigenvalue weighted by atomic mass is 9.58. The quantitative estimate of drug-likeness (QED) is 0.512. The number of anilines is 1. The molecule has 1 unspecified atom stereocenters. The zero-order chi connectivity index (χ0) is 27.6. The first-order chi connectivity index (χ1) is 18.5. The molecule has 0 spiro atoms. The molecular formula is C29H32F3N5O2. The number of amides is 1. The smallest absolute Gasteiger partial charge is 0.372 e. The van der Waals surface area contributed by atoms with Crippen LogP contribution in [0.1, 0.15) is 65.1 Å². The highest BCUT2D eigenvalue weighted by molar-refractivity contribution is 6.10. The highest BCUT2D eigenvalue weighted by Gasteiger charge is 2.48. The third kappa shape index (κ3) is 4.43. The van der Waals surface area contributed by atoms with E-state index in [9.17, 15) is 18.0 Å². The van der Waals surface area contributed by atoms with Crippen molar-refractivity contribution in [1.29, 1.82) is 0 Å². The topological polar surface area (TPSA) is 72.3 Å². The number of hydrogen-bond donors (Lipinski definition) is 1. The van der Waals surface area contributed by atoms with Crippen LogP contribution >= 0.6 is 0 Å². The number of hydrogen-bond acceptors (Lipinski definition) is 5. The molecule has 1 aliphatic carbocycles. The van der Waals surface area contributed by atoms with E-state index in [4.69, 9.17) is 4.74 Å². The first kappa shape index (κ1) is 26.0. The molecule has 1 N–H and O–H groups in total. The Balaban J connectivity index is 1.36. The fourth-order valence-corrected chi connectivity index (χ4v) is 6.72. The number of carbonyl (C=O) groups is 1. The molecule has 1 aromatic heterocycles. The molecule has 2 aliphatic heterocycles. The molecule has 10 heteroatoms. The third-order valence-corrected chi connectivity index (χ3v) is 8.46. The number of fused-ring (bicyclic) bond motifs is 1. The fraction of sp³-hybridized carbons (Fsp3) is 0.483. The summed E-state index contributed by atoms with van der Waals surface area (Å²) in [4.78, 5) is 15.1. The summed E-state index contributed by atoms with van der Waals surface area (Å²) in [7, 11) is 1.91. The normalized spacial score (nSPS) is 27.0. The maximum absolute atomic E-state index is 14.3. The highest BCUT2D eigenvalue weighted by Crippen LogP contribution is 2.52. The lowest BCUT2D eigenvalue weighted by Gasteiger charge is -2.46. The number of aryl methyl sites for hydroxylation is 1. The van der Waals surface area contributed by atoms with Crippen molar-refractivity contribution in [3.8, 4) is 0 Å². The summed E-state index contributed by atoms with van der Waals surface area (Å²) in [6, 6.07) is 10.4. The maximum Gasteiger partial charge on any atom is 0.416 e. The number of nitrogens with one attached hydrogen (secondary N) is 1. The van der Waals surface area contributed by atoms with Crippen LogP contribution in [0.15, 0.2) is 42.7 Å². The van der Waals surface area contributed by atoms with Gasteiger partial charge in [-0.3, -0.25) is 4.79 Å². The van der Waals surface area contributed by atoms with E-state index in [0.29, 0.717) is 36.9 Å². The van der Waals surface area contributed by atoms with Gasteiger partial charge in [-0.25, -0.2) is 0 Å². The van der Waals surface area contributed by atoms with Crippen molar-refractivity contribution in [2.75, 3.05) is 24.6 Å². The molecule has 1 amide bonds. The molecule has 1 saturated heterocycles. The second-order valence-corrected chi connectivity index (χ2v) is 11.6. The van der Waals surface area contributed by atoms with E-state index in [1.165, 1.54) is 11.0 Å². The van der Waals surface area contributed by atoms with Crippen LogP contribution in [0.4, 0.5) is 18.9 Å². The molecule has 7 nitrogen and oxygen atoms in total. The fourth-order valence-electron chi connectivity index (χ4n) is 6.72. The van der Waals surface area contributed by atoms with Gasteiger partial charge in [0.15, 0.2) is 0 Å². The van der Waals surface area contributed by atoms with Gasteiger partial charge < -0.3 is 19.5 Å². The Kier molecular flexibility index (Phi) is 6.11. The zero-order valence-electron chi connectivity index (χ0n) is 22.3. The van der Waals surface area contributed by atoms with Crippen LogP contribution < -0.4 is 10.2 Å². The molecule has 39 heavy (non-hydrogen) atoms. The lowest BCUT2D eigenvalue weighted by molar-refractivity contribution is -0.138. The van der Waals surface area contributed by atoms with E-state index >= 15 is 0 Å². The van der Waals surface area contributed by atoms with Gasteiger partial charge in [-0.05, 0) is 66.6 Å². The van der Waals surface area contributed by atoms with Gasteiger partial charge >= 0.3 is 6.18 Å². The minimum absolute atomic E-state index is 0.0229. The predicted molar refractivity (Wildman–Crippen MR) is 140 cm³/mol. The van der Waals surface area contributed by atoms with Crippen LogP contribution in [0.3, 0.4) is 0 Å². The molecule has 0 bridgehead atoms. The zero-order valence-corrected chi connectivity index (χ0v) is 22.3. The summed E-state index contributed by atoms with van der Waals surface area (Å²) in [5.74, 6) is 0.934. The largest absolute Gasteiger partial charge is 0.416 e. The van der Waals surface area contributed by atoms with Gasteiger partial charge in [0.1, 0.15) is 12.2 Å². The molecule has 206 valence electrons. The number of rotatable bonds is 5. The first-order valence-electron chi connectivity index (χ1n) is 13.3. The Hall–Kier alpha value is -3.24. The predicted octanol–water partition coefficient (Wildman–Crippen LogP) is 4.63. The summed E-state index contributed by atoms with van der Waals surface area (Å²) in [6.45, 7) is 5.67. The molecule has 3 aliphatic rings. The van der Waals surface area contributed by atoms with Crippen LogP contribution in [0.2, 0.25) is 0 Å². The maximum atomic E-state index is 14.3. The van der Waals surface area contributed by atoms with E-state index in [-0.39, 0.29) is 29.5 Å². The molecule has 1 atom stereocenters.